The van der Waals surface area contributed by atoms with E-state index in [0.29, 0.717) is 5.17 Å². The Morgan fingerprint density at radius 2 is 2.21 bits per heavy atom. The van der Waals surface area contributed by atoms with Gasteiger partial charge in [0.2, 0.25) is 0 Å². The summed E-state index contributed by atoms with van der Waals surface area (Å²) in [5.74, 6) is -0.429. The lowest BCUT2D eigenvalue weighted by atomic mass is 9.97. The van der Waals surface area contributed by atoms with Crippen molar-refractivity contribution >= 4 is 24.0 Å². The summed E-state index contributed by atoms with van der Waals surface area (Å²) in [7, 11) is 3.59. The van der Waals surface area contributed by atoms with Gasteiger partial charge in [-0.1, -0.05) is 0 Å². The monoisotopic (exact) mass is 293 g/mol. The van der Waals surface area contributed by atoms with Gasteiger partial charge in [0.05, 0.1) is 51.6 Å². The van der Waals surface area contributed by atoms with Crippen LogP contribution in [0.3, 0.4) is 0 Å². The van der Waals surface area contributed by atoms with E-state index in [4.69, 9.17) is 4.74 Å². The van der Waals surface area contributed by atoms with Gasteiger partial charge in [-0.2, -0.15) is 0 Å². The second-order valence-electron chi connectivity index (χ2n) is 4.86. The van der Waals surface area contributed by atoms with Crippen molar-refractivity contribution in [2.75, 3.05) is 27.4 Å². The van der Waals surface area contributed by atoms with Gasteiger partial charge >= 0.3 is 5.17 Å². The smallest absolute Gasteiger partial charge is 0.390 e. The van der Waals surface area contributed by atoms with Crippen LogP contribution in [0.25, 0.3) is 0 Å². The van der Waals surface area contributed by atoms with E-state index in [-0.39, 0.29) is 25.6 Å². The minimum atomic E-state index is -0.961. The van der Waals surface area contributed by atoms with Crippen molar-refractivity contribution in [3.63, 3.8) is 0 Å². The van der Waals surface area contributed by atoms with Crippen LogP contribution in [-0.2, 0) is 4.74 Å². The number of rotatable bonds is 3. The second kappa shape index (κ2) is 7.87. The molecule has 0 aromatic carbocycles. The third-order valence-electron chi connectivity index (χ3n) is 3.07. The van der Waals surface area contributed by atoms with Crippen molar-refractivity contribution in [2.45, 2.75) is 31.2 Å². The normalized spacial score (nSPS) is 31.3. The Morgan fingerprint density at radius 1 is 1.53 bits per heavy atom. The van der Waals surface area contributed by atoms with Crippen LogP contribution in [-0.4, -0.2) is 72.2 Å². The number of alkyl halides is 1. The molecule has 4 atom stereocenters. The van der Waals surface area contributed by atoms with Crippen LogP contribution in [0.5, 0.6) is 0 Å². The van der Waals surface area contributed by atoms with E-state index in [1.807, 2.05) is 0 Å². The lowest BCUT2D eigenvalue weighted by Gasteiger charge is -2.18. The first-order chi connectivity index (χ1) is 8.95. The molecule has 1 rings (SSSR count). The number of ether oxygens (including phenoxy) is 1. The van der Waals surface area contributed by atoms with Gasteiger partial charge in [0.15, 0.2) is 6.21 Å². The molecule has 0 bridgehead atoms. The second-order valence-corrected chi connectivity index (χ2v) is 5.26. The quantitative estimate of drug-likeness (QED) is 0.283. The maximum atomic E-state index is 12.3. The minimum absolute atomic E-state index is 0.209. The van der Waals surface area contributed by atoms with E-state index >= 15 is 0 Å². The number of halogens is 1. The molecule has 1 heterocycles. The third-order valence-corrected chi connectivity index (χ3v) is 3.59. The van der Waals surface area contributed by atoms with Gasteiger partial charge in [-0.3, -0.25) is 4.39 Å². The fourth-order valence-corrected chi connectivity index (χ4v) is 1.91. The Bertz CT molecular complexity index is 348. The fraction of sp³-hybridized carbons (Fsp3) is 0.833. The molecule has 1 aliphatic rings. The van der Waals surface area contributed by atoms with E-state index in [1.54, 1.807) is 19.0 Å². The summed E-state index contributed by atoms with van der Waals surface area (Å²) in [5.41, 5.74) is 0. The average Bonchev–Trinajstić information content (AvgIpc) is 2.49. The first-order valence-electron chi connectivity index (χ1n) is 6.26. The Kier molecular flexibility index (Phi) is 6.82. The third kappa shape index (κ3) is 5.12. The lowest BCUT2D eigenvalue weighted by Crippen LogP contribution is -2.35. The molecular weight excluding hydrogens is 271 g/mol. The van der Waals surface area contributed by atoms with Crippen LogP contribution in [0.15, 0.2) is 0 Å². The van der Waals surface area contributed by atoms with Crippen LogP contribution in [0, 0.1) is 5.92 Å². The molecule has 1 aliphatic heterocycles. The molecule has 0 amide bonds. The highest BCUT2D eigenvalue weighted by Gasteiger charge is 2.33. The van der Waals surface area contributed by atoms with Crippen molar-refractivity contribution < 1.29 is 19.3 Å². The molecule has 0 aliphatic carbocycles. The predicted octanol–water partition coefficient (Wildman–Crippen LogP) is -0.542. The topological polar surface area (TPSA) is 67.0 Å². The Balaban J connectivity index is 2.76. The van der Waals surface area contributed by atoms with Gasteiger partial charge in [-0.15, -0.1) is 0 Å². The first kappa shape index (κ1) is 16.5. The molecule has 5 nitrogen and oxygen atoms in total. The highest BCUT2D eigenvalue weighted by atomic mass is 32.1. The fourth-order valence-electron chi connectivity index (χ4n) is 1.84. The molecule has 0 aromatic heterocycles. The number of aliphatic hydroxyl groups is 2. The minimum Gasteiger partial charge on any atom is -0.390 e. The maximum absolute atomic E-state index is 12.3. The molecule has 2 N–H and O–H groups in total. The number of hydrogen-bond acceptors (Lipinski definition) is 3. The zero-order valence-corrected chi connectivity index (χ0v) is 12.1. The number of thiol groups is 1. The van der Waals surface area contributed by atoms with Gasteiger partial charge in [0, 0.05) is 12.8 Å². The average molecular weight is 293 g/mol. The summed E-state index contributed by atoms with van der Waals surface area (Å²) in [5, 5.41) is 20.3. The van der Waals surface area contributed by atoms with E-state index in [9.17, 15) is 14.6 Å². The van der Waals surface area contributed by atoms with Crippen LogP contribution >= 0.6 is 12.6 Å². The molecule has 1 saturated heterocycles. The van der Waals surface area contributed by atoms with Gasteiger partial charge < -0.3 is 14.9 Å². The largest absolute Gasteiger partial charge is 0.402 e. The number of aliphatic hydroxyl groups excluding tert-OH is 2. The SMILES string of the molecule is CN(C)C(S)=[N+]=CC1COC(CCF)CC(O)C1O. The molecule has 0 spiro atoms. The van der Waals surface area contributed by atoms with Crippen molar-refractivity contribution in [3.8, 4) is 0 Å². The van der Waals surface area contributed by atoms with Crippen LogP contribution < -0.4 is 4.67 Å². The highest BCUT2D eigenvalue weighted by Crippen LogP contribution is 2.20. The van der Waals surface area contributed by atoms with Gasteiger partial charge in [0.25, 0.3) is 0 Å². The van der Waals surface area contributed by atoms with E-state index in [1.165, 1.54) is 6.21 Å². The molecule has 110 valence electrons. The van der Waals surface area contributed by atoms with Crippen molar-refractivity contribution in [1.29, 1.82) is 0 Å². The maximum Gasteiger partial charge on any atom is 0.402 e. The van der Waals surface area contributed by atoms with Crippen LogP contribution in [0.4, 0.5) is 4.39 Å². The molecular formula is C12H22FN2O3S+. The van der Waals surface area contributed by atoms with Crippen LogP contribution in [0.2, 0.25) is 0 Å². The van der Waals surface area contributed by atoms with Gasteiger partial charge in [-0.05, 0) is 12.6 Å². The van der Waals surface area contributed by atoms with Crippen LogP contribution in [0.1, 0.15) is 12.8 Å². The summed E-state index contributed by atoms with van der Waals surface area (Å²) in [4.78, 5) is 1.71. The first-order valence-corrected chi connectivity index (χ1v) is 6.71. The molecule has 0 saturated carbocycles. The van der Waals surface area contributed by atoms with Gasteiger partial charge in [-0.25, -0.2) is 9.57 Å². The van der Waals surface area contributed by atoms with Crippen molar-refractivity contribution in [2.24, 2.45) is 5.92 Å². The molecule has 7 heteroatoms. The number of nitrogens with zero attached hydrogens (tertiary/aromatic N) is 2. The van der Waals surface area contributed by atoms with E-state index in [0.717, 1.165) is 0 Å². The zero-order chi connectivity index (χ0) is 14.4. The molecule has 0 radical (unpaired) electrons. The van der Waals surface area contributed by atoms with E-state index < -0.39 is 24.8 Å². The molecule has 0 aromatic rings. The number of hydrogen-bond donors (Lipinski definition) is 3. The molecule has 19 heavy (non-hydrogen) atoms. The summed E-state index contributed by atoms with van der Waals surface area (Å²) in [6, 6.07) is 0. The van der Waals surface area contributed by atoms with E-state index in [2.05, 4.69) is 17.3 Å². The van der Waals surface area contributed by atoms with Crippen molar-refractivity contribution in [3.05, 3.63) is 0 Å². The Labute approximate surface area is 118 Å². The summed E-state index contributed by atoms with van der Waals surface area (Å²) >= 11 is 4.16. The zero-order valence-electron chi connectivity index (χ0n) is 11.2. The van der Waals surface area contributed by atoms with Crippen molar-refractivity contribution in [1.82, 2.24) is 9.57 Å². The Hall–Kier alpha value is -0.590. The standard InChI is InChI=1S/C12H21FN2O3S/c1-15(2)12(19)14-6-8-7-18-9(3-4-13)5-10(16)11(8)17/h6,8-11,16-17H,3-5,7H2,1-2H3/p+1. The Morgan fingerprint density at radius 3 is 2.79 bits per heavy atom. The lowest BCUT2D eigenvalue weighted by molar-refractivity contribution is 0.00121. The summed E-state index contributed by atoms with van der Waals surface area (Å²) < 4.78 is 21.9. The predicted molar refractivity (Wildman–Crippen MR) is 76.3 cm³/mol. The highest BCUT2D eigenvalue weighted by molar-refractivity contribution is 7.96. The van der Waals surface area contributed by atoms with Gasteiger partial charge in [0.1, 0.15) is 0 Å². The molecule has 1 fully saturated rings. The molecule has 4 unspecified atom stereocenters. The number of amidine groups is 1. The summed E-state index contributed by atoms with van der Waals surface area (Å²) in [6.45, 7) is -0.289. The summed E-state index contributed by atoms with van der Waals surface area (Å²) in [6.07, 6.45) is -0.264.